The summed E-state index contributed by atoms with van der Waals surface area (Å²) in [6.07, 6.45) is 3.76. The summed E-state index contributed by atoms with van der Waals surface area (Å²) in [5.41, 5.74) is 3.25. The number of hydrogen-bond acceptors (Lipinski definition) is 3. The zero-order chi connectivity index (χ0) is 16.2. The van der Waals surface area contributed by atoms with Crippen molar-refractivity contribution in [1.29, 1.82) is 0 Å². The number of rotatable bonds is 5. The van der Waals surface area contributed by atoms with Crippen molar-refractivity contribution < 1.29 is 4.79 Å². The lowest BCUT2D eigenvalue weighted by Gasteiger charge is -2.34. The normalized spacial score (nSPS) is 18.8. The number of amides is 2. The van der Waals surface area contributed by atoms with Crippen molar-refractivity contribution in [3.8, 4) is 0 Å². The predicted molar refractivity (Wildman–Crippen MR) is 95.3 cm³/mol. The molecular weight excluding hydrogens is 288 g/mol. The molecule has 1 saturated carbocycles. The molecule has 1 aliphatic heterocycles. The van der Waals surface area contributed by atoms with Crippen molar-refractivity contribution >= 4 is 17.4 Å². The van der Waals surface area contributed by atoms with E-state index in [-0.39, 0.29) is 6.03 Å². The van der Waals surface area contributed by atoms with Crippen LogP contribution in [0.3, 0.4) is 0 Å². The maximum atomic E-state index is 12.0. The van der Waals surface area contributed by atoms with Crippen LogP contribution in [0, 0.1) is 12.8 Å². The second kappa shape index (κ2) is 7.21. The van der Waals surface area contributed by atoms with Crippen LogP contribution in [0.5, 0.6) is 0 Å². The third-order valence-electron chi connectivity index (χ3n) is 4.72. The Labute approximate surface area is 139 Å². The number of nitrogens with one attached hydrogen (secondary N) is 2. The van der Waals surface area contributed by atoms with Crippen molar-refractivity contribution in [2.45, 2.75) is 26.2 Å². The minimum atomic E-state index is -0.0967. The molecule has 5 nitrogen and oxygen atoms in total. The smallest absolute Gasteiger partial charge is 0.319 e. The topological polar surface area (TPSA) is 47.6 Å². The maximum Gasteiger partial charge on any atom is 0.319 e. The van der Waals surface area contributed by atoms with E-state index in [1.165, 1.54) is 24.1 Å². The van der Waals surface area contributed by atoms with Crippen LogP contribution in [0.4, 0.5) is 16.2 Å². The standard InChI is InChI=1S/C18H28N4O/c1-14-11-16(20-18(23)19-6-5-15-3-4-15)13-17(12-14)22-9-7-21(2)8-10-22/h11-13,15H,3-10H2,1-2H3,(H2,19,20,23). The molecule has 1 aromatic rings. The molecule has 5 heteroatoms. The van der Waals surface area contributed by atoms with Gasteiger partial charge in [0, 0.05) is 44.1 Å². The summed E-state index contributed by atoms with van der Waals surface area (Å²) in [4.78, 5) is 16.8. The molecule has 2 fully saturated rings. The van der Waals surface area contributed by atoms with E-state index < -0.39 is 0 Å². The summed E-state index contributed by atoms with van der Waals surface area (Å²) >= 11 is 0. The second-order valence-corrected chi connectivity index (χ2v) is 6.96. The largest absolute Gasteiger partial charge is 0.369 e. The zero-order valence-corrected chi connectivity index (χ0v) is 14.3. The average molecular weight is 316 g/mol. The summed E-state index contributed by atoms with van der Waals surface area (Å²) in [5.74, 6) is 0.845. The van der Waals surface area contributed by atoms with Gasteiger partial charge in [-0.25, -0.2) is 4.79 Å². The van der Waals surface area contributed by atoms with Crippen LogP contribution in [0.1, 0.15) is 24.8 Å². The Morgan fingerprint density at radius 2 is 1.91 bits per heavy atom. The number of likely N-dealkylation sites (N-methyl/N-ethyl adjacent to an activating group) is 1. The third kappa shape index (κ3) is 4.86. The molecule has 2 aliphatic rings. The van der Waals surface area contributed by atoms with Gasteiger partial charge in [0.2, 0.25) is 0 Å². The number of aryl methyl sites for hydroxylation is 1. The Hall–Kier alpha value is -1.75. The summed E-state index contributed by atoms with van der Waals surface area (Å²) in [7, 11) is 2.16. The fourth-order valence-corrected chi connectivity index (χ4v) is 3.05. The van der Waals surface area contributed by atoms with E-state index in [0.29, 0.717) is 0 Å². The van der Waals surface area contributed by atoms with Gasteiger partial charge in [-0.05, 0) is 50.1 Å². The molecule has 1 aromatic carbocycles. The van der Waals surface area contributed by atoms with Crippen LogP contribution in [-0.2, 0) is 0 Å². The SMILES string of the molecule is Cc1cc(NC(=O)NCCC2CC2)cc(N2CCN(C)CC2)c1. The molecule has 1 aliphatic carbocycles. The van der Waals surface area contributed by atoms with Crippen molar-refractivity contribution in [2.24, 2.45) is 5.92 Å². The molecule has 0 aromatic heterocycles. The van der Waals surface area contributed by atoms with Gasteiger partial charge in [-0.3, -0.25) is 0 Å². The zero-order valence-electron chi connectivity index (χ0n) is 14.3. The van der Waals surface area contributed by atoms with E-state index in [2.05, 4.69) is 46.5 Å². The third-order valence-corrected chi connectivity index (χ3v) is 4.72. The van der Waals surface area contributed by atoms with Gasteiger partial charge in [-0.2, -0.15) is 0 Å². The van der Waals surface area contributed by atoms with Crippen molar-refractivity contribution in [2.75, 3.05) is 50.0 Å². The van der Waals surface area contributed by atoms with Crippen LogP contribution in [0.25, 0.3) is 0 Å². The molecule has 0 atom stereocenters. The summed E-state index contributed by atoms with van der Waals surface area (Å²) in [5, 5.41) is 5.93. The second-order valence-electron chi connectivity index (χ2n) is 6.96. The maximum absolute atomic E-state index is 12.0. The Bertz CT molecular complexity index is 548. The first-order valence-corrected chi connectivity index (χ1v) is 8.70. The molecule has 1 heterocycles. The Morgan fingerprint density at radius 3 is 2.61 bits per heavy atom. The quantitative estimate of drug-likeness (QED) is 0.878. The van der Waals surface area contributed by atoms with E-state index in [1.54, 1.807) is 0 Å². The molecule has 3 rings (SSSR count). The Kier molecular flexibility index (Phi) is 5.06. The van der Waals surface area contributed by atoms with E-state index in [9.17, 15) is 4.79 Å². The molecule has 0 unspecified atom stereocenters. The minimum absolute atomic E-state index is 0.0967. The molecule has 23 heavy (non-hydrogen) atoms. The van der Waals surface area contributed by atoms with E-state index in [4.69, 9.17) is 0 Å². The average Bonchev–Trinajstić information content (AvgIpc) is 3.31. The van der Waals surface area contributed by atoms with Crippen molar-refractivity contribution in [3.05, 3.63) is 23.8 Å². The Morgan fingerprint density at radius 1 is 1.17 bits per heavy atom. The van der Waals surface area contributed by atoms with Gasteiger partial charge >= 0.3 is 6.03 Å². The predicted octanol–water partition coefficient (Wildman–Crippen LogP) is 2.67. The number of urea groups is 1. The molecule has 2 N–H and O–H groups in total. The van der Waals surface area contributed by atoms with Gasteiger partial charge in [0.25, 0.3) is 0 Å². The van der Waals surface area contributed by atoms with E-state index in [1.807, 2.05) is 6.07 Å². The van der Waals surface area contributed by atoms with E-state index >= 15 is 0 Å². The molecule has 126 valence electrons. The van der Waals surface area contributed by atoms with Crippen molar-refractivity contribution in [3.63, 3.8) is 0 Å². The number of benzene rings is 1. The fraction of sp³-hybridized carbons (Fsp3) is 0.611. The summed E-state index contributed by atoms with van der Waals surface area (Å²) in [6.45, 7) is 7.08. The molecular formula is C18H28N4O. The van der Waals surface area contributed by atoms with Crippen LogP contribution in [-0.4, -0.2) is 50.7 Å². The van der Waals surface area contributed by atoms with Gasteiger partial charge in [0.15, 0.2) is 0 Å². The molecule has 0 radical (unpaired) electrons. The number of carbonyl (C=O) groups is 1. The molecule has 2 amide bonds. The number of hydrogen-bond donors (Lipinski definition) is 2. The number of nitrogens with zero attached hydrogens (tertiary/aromatic N) is 2. The summed E-state index contributed by atoms with van der Waals surface area (Å²) < 4.78 is 0. The van der Waals surface area contributed by atoms with Crippen LogP contribution >= 0.6 is 0 Å². The first-order valence-electron chi connectivity index (χ1n) is 8.70. The van der Waals surface area contributed by atoms with Crippen molar-refractivity contribution in [1.82, 2.24) is 10.2 Å². The summed E-state index contributed by atoms with van der Waals surface area (Å²) in [6, 6.07) is 6.21. The fourth-order valence-electron chi connectivity index (χ4n) is 3.05. The Balaban J connectivity index is 1.56. The van der Waals surface area contributed by atoms with Gasteiger partial charge in [0.1, 0.15) is 0 Å². The first-order chi connectivity index (χ1) is 11.1. The highest BCUT2D eigenvalue weighted by molar-refractivity contribution is 5.90. The monoisotopic (exact) mass is 316 g/mol. The van der Waals surface area contributed by atoms with Gasteiger partial charge in [-0.15, -0.1) is 0 Å². The van der Waals surface area contributed by atoms with Gasteiger partial charge < -0.3 is 20.4 Å². The van der Waals surface area contributed by atoms with Crippen LogP contribution in [0.15, 0.2) is 18.2 Å². The van der Waals surface area contributed by atoms with Crippen LogP contribution < -0.4 is 15.5 Å². The highest BCUT2D eigenvalue weighted by Gasteiger charge is 2.20. The van der Waals surface area contributed by atoms with Gasteiger partial charge in [0.05, 0.1) is 0 Å². The lowest BCUT2D eigenvalue weighted by atomic mass is 10.1. The van der Waals surface area contributed by atoms with Gasteiger partial charge in [-0.1, -0.05) is 12.8 Å². The molecule has 1 saturated heterocycles. The lowest BCUT2D eigenvalue weighted by Crippen LogP contribution is -2.44. The minimum Gasteiger partial charge on any atom is -0.369 e. The molecule has 0 bridgehead atoms. The lowest BCUT2D eigenvalue weighted by molar-refractivity contribution is 0.252. The highest BCUT2D eigenvalue weighted by atomic mass is 16.2. The van der Waals surface area contributed by atoms with E-state index in [0.717, 1.165) is 50.7 Å². The first kappa shape index (κ1) is 16.1. The van der Waals surface area contributed by atoms with Crippen LogP contribution in [0.2, 0.25) is 0 Å². The molecule has 0 spiro atoms. The number of anilines is 2. The number of carbonyl (C=O) groups excluding carboxylic acids is 1. The number of piperazine rings is 1. The highest BCUT2D eigenvalue weighted by Crippen LogP contribution is 2.31.